The Morgan fingerprint density at radius 1 is 0.875 bits per heavy atom. The predicted octanol–water partition coefficient (Wildman–Crippen LogP) is 4.95. The minimum absolute atomic E-state index is 0.243. The van der Waals surface area contributed by atoms with E-state index in [1.165, 1.54) is 23.1 Å². The van der Waals surface area contributed by atoms with E-state index in [0.717, 1.165) is 41.0 Å². The first-order chi connectivity index (χ1) is 15.8. The lowest BCUT2D eigenvalue weighted by Gasteiger charge is -2.04. The number of hydrogen-bond acceptors (Lipinski definition) is 3. The highest BCUT2D eigenvalue weighted by Crippen LogP contribution is 2.21. The van der Waals surface area contributed by atoms with Gasteiger partial charge in [-0.15, -0.1) is 0 Å². The van der Waals surface area contributed by atoms with Crippen molar-refractivity contribution < 1.29 is 4.39 Å². The molecular weight excluding hydrogens is 401 g/mol. The predicted molar refractivity (Wildman–Crippen MR) is 125 cm³/mol. The zero-order valence-corrected chi connectivity index (χ0v) is 17.6. The molecule has 32 heavy (non-hydrogen) atoms. The molecular formula is C26H24FN5. The van der Waals surface area contributed by atoms with Gasteiger partial charge in [-0.1, -0.05) is 60.7 Å². The van der Waals surface area contributed by atoms with Gasteiger partial charge in [0.2, 0.25) is 0 Å². The second kappa shape index (κ2) is 9.16. The molecule has 5 rings (SSSR count). The first kappa shape index (κ1) is 20.2. The van der Waals surface area contributed by atoms with Crippen LogP contribution < -0.4 is 5.32 Å². The topological polar surface area (TPSA) is 58.5 Å². The number of aromatic amines is 1. The van der Waals surface area contributed by atoms with Crippen molar-refractivity contribution in [2.75, 3.05) is 6.54 Å². The molecule has 5 nitrogen and oxygen atoms in total. The van der Waals surface area contributed by atoms with Crippen molar-refractivity contribution in [1.82, 2.24) is 25.3 Å². The molecule has 0 amide bonds. The summed E-state index contributed by atoms with van der Waals surface area (Å²) in [5, 5.41) is 14.3. The molecule has 0 saturated heterocycles. The number of benzene rings is 3. The molecule has 5 aromatic rings. The van der Waals surface area contributed by atoms with Crippen molar-refractivity contribution in [1.29, 1.82) is 0 Å². The lowest BCUT2D eigenvalue weighted by Crippen LogP contribution is -2.17. The quantitative estimate of drug-likeness (QED) is 0.346. The van der Waals surface area contributed by atoms with Gasteiger partial charge in [0.05, 0.1) is 6.54 Å². The van der Waals surface area contributed by atoms with Crippen LogP contribution in [0.2, 0.25) is 0 Å². The summed E-state index contributed by atoms with van der Waals surface area (Å²) in [6.07, 6.45) is 3.01. The van der Waals surface area contributed by atoms with E-state index in [0.29, 0.717) is 13.1 Å². The van der Waals surface area contributed by atoms with Crippen LogP contribution in [0.25, 0.3) is 22.2 Å². The van der Waals surface area contributed by atoms with Crippen LogP contribution in [0.3, 0.4) is 0 Å². The van der Waals surface area contributed by atoms with Gasteiger partial charge in [-0.25, -0.2) is 4.39 Å². The summed E-state index contributed by atoms with van der Waals surface area (Å²) in [6.45, 7) is 1.95. The van der Waals surface area contributed by atoms with E-state index in [9.17, 15) is 4.39 Å². The van der Waals surface area contributed by atoms with E-state index < -0.39 is 0 Å². The normalized spacial score (nSPS) is 11.3. The van der Waals surface area contributed by atoms with E-state index in [4.69, 9.17) is 10.2 Å². The van der Waals surface area contributed by atoms with Crippen LogP contribution in [-0.2, 0) is 19.5 Å². The minimum atomic E-state index is -0.243. The fraction of sp³-hybridized carbons (Fsp3) is 0.154. The Hall–Kier alpha value is -3.77. The maximum Gasteiger partial charge on any atom is 0.123 e. The zero-order chi connectivity index (χ0) is 21.8. The van der Waals surface area contributed by atoms with Gasteiger partial charge in [-0.2, -0.15) is 15.0 Å². The van der Waals surface area contributed by atoms with Crippen molar-refractivity contribution >= 4 is 10.9 Å². The van der Waals surface area contributed by atoms with Gasteiger partial charge in [0.15, 0.2) is 0 Å². The molecule has 0 unspecified atom stereocenters. The Labute approximate surface area is 185 Å². The van der Waals surface area contributed by atoms with Crippen LogP contribution >= 0.6 is 0 Å². The molecule has 2 aromatic heterocycles. The van der Waals surface area contributed by atoms with Gasteiger partial charge in [0.25, 0.3) is 0 Å². The van der Waals surface area contributed by atoms with Crippen molar-refractivity contribution in [2.45, 2.75) is 19.5 Å². The highest BCUT2D eigenvalue weighted by atomic mass is 19.1. The van der Waals surface area contributed by atoms with Gasteiger partial charge in [0.1, 0.15) is 17.2 Å². The number of nitrogens with one attached hydrogen (secondary N) is 2. The molecule has 0 fully saturated rings. The van der Waals surface area contributed by atoms with E-state index >= 15 is 0 Å². The Kier molecular flexibility index (Phi) is 5.77. The number of para-hydroxylation sites is 1. The maximum atomic E-state index is 13.2. The van der Waals surface area contributed by atoms with Gasteiger partial charge in [0, 0.05) is 29.2 Å². The Morgan fingerprint density at radius 2 is 1.66 bits per heavy atom. The number of aromatic nitrogens is 4. The van der Waals surface area contributed by atoms with Gasteiger partial charge < -0.3 is 10.3 Å². The van der Waals surface area contributed by atoms with E-state index in [2.05, 4.69) is 34.7 Å². The fourth-order valence-corrected chi connectivity index (χ4v) is 3.91. The van der Waals surface area contributed by atoms with Gasteiger partial charge >= 0.3 is 0 Å². The first-order valence-corrected chi connectivity index (χ1v) is 10.8. The Morgan fingerprint density at radius 3 is 2.50 bits per heavy atom. The SMILES string of the molecule is Fc1ccc(Cn2nc(CNCCc3c[nH]c4ccccc34)c(-c3ccccc3)n2)cc1. The fourth-order valence-electron chi connectivity index (χ4n) is 3.91. The average Bonchev–Trinajstić information content (AvgIpc) is 3.43. The van der Waals surface area contributed by atoms with Gasteiger partial charge in [-0.05, 0) is 42.3 Å². The van der Waals surface area contributed by atoms with Crippen molar-refractivity contribution in [3.8, 4) is 11.3 Å². The molecule has 0 aliphatic carbocycles. The monoisotopic (exact) mass is 425 g/mol. The highest BCUT2D eigenvalue weighted by molar-refractivity contribution is 5.83. The molecule has 6 heteroatoms. The molecule has 2 N–H and O–H groups in total. The molecule has 0 bridgehead atoms. The summed E-state index contributed by atoms with van der Waals surface area (Å²) in [4.78, 5) is 5.02. The summed E-state index contributed by atoms with van der Waals surface area (Å²) >= 11 is 0. The molecule has 0 saturated carbocycles. The summed E-state index contributed by atoms with van der Waals surface area (Å²) < 4.78 is 13.2. The minimum Gasteiger partial charge on any atom is -0.361 e. The third-order valence-corrected chi connectivity index (χ3v) is 5.55. The third-order valence-electron chi connectivity index (χ3n) is 5.55. The third kappa shape index (κ3) is 4.45. The molecule has 0 spiro atoms. The molecule has 0 aliphatic heterocycles. The second-order valence-electron chi connectivity index (χ2n) is 7.80. The first-order valence-electron chi connectivity index (χ1n) is 10.8. The van der Waals surface area contributed by atoms with Gasteiger partial charge in [-0.3, -0.25) is 0 Å². The molecule has 0 aliphatic rings. The standard InChI is InChI=1S/C26H24FN5/c27-22-12-10-19(11-13-22)18-32-30-25(26(31-32)20-6-2-1-3-7-20)17-28-15-14-21-16-29-24-9-5-4-8-23(21)24/h1-13,16,28-29H,14-15,17-18H2. The second-order valence-corrected chi connectivity index (χ2v) is 7.80. The number of halogens is 1. The summed E-state index contributed by atoms with van der Waals surface area (Å²) in [6, 6.07) is 24.9. The largest absolute Gasteiger partial charge is 0.361 e. The molecule has 3 aromatic carbocycles. The number of rotatable bonds is 8. The zero-order valence-electron chi connectivity index (χ0n) is 17.6. The molecule has 0 radical (unpaired) electrons. The van der Waals surface area contributed by atoms with Crippen molar-refractivity contribution in [3.63, 3.8) is 0 Å². The van der Waals surface area contributed by atoms with E-state index in [-0.39, 0.29) is 5.82 Å². The number of H-pyrrole nitrogens is 1. The lowest BCUT2D eigenvalue weighted by molar-refractivity contribution is 0.574. The molecule has 2 heterocycles. The number of nitrogens with zero attached hydrogens (tertiary/aromatic N) is 3. The van der Waals surface area contributed by atoms with Crippen LogP contribution in [0.4, 0.5) is 4.39 Å². The maximum absolute atomic E-state index is 13.2. The van der Waals surface area contributed by atoms with E-state index in [1.807, 2.05) is 36.4 Å². The van der Waals surface area contributed by atoms with Crippen LogP contribution in [0.5, 0.6) is 0 Å². The lowest BCUT2D eigenvalue weighted by atomic mass is 10.1. The molecule has 0 atom stereocenters. The number of hydrogen-bond donors (Lipinski definition) is 2. The van der Waals surface area contributed by atoms with Crippen molar-refractivity contribution in [3.05, 3.63) is 108 Å². The van der Waals surface area contributed by atoms with Crippen LogP contribution in [0.1, 0.15) is 16.8 Å². The Bertz CT molecular complexity index is 1310. The summed E-state index contributed by atoms with van der Waals surface area (Å²) in [5.74, 6) is -0.243. The van der Waals surface area contributed by atoms with E-state index in [1.54, 1.807) is 16.9 Å². The summed E-state index contributed by atoms with van der Waals surface area (Å²) in [5.41, 5.74) is 6.23. The Balaban J connectivity index is 1.30. The highest BCUT2D eigenvalue weighted by Gasteiger charge is 2.13. The average molecular weight is 426 g/mol. The molecule has 160 valence electrons. The number of fused-ring (bicyclic) bond motifs is 1. The van der Waals surface area contributed by atoms with Crippen LogP contribution in [0.15, 0.2) is 85.1 Å². The smallest absolute Gasteiger partial charge is 0.123 e. The van der Waals surface area contributed by atoms with Crippen LogP contribution in [-0.4, -0.2) is 26.5 Å². The van der Waals surface area contributed by atoms with Crippen molar-refractivity contribution in [2.24, 2.45) is 0 Å². The summed E-state index contributed by atoms with van der Waals surface area (Å²) in [7, 11) is 0. The van der Waals surface area contributed by atoms with Crippen LogP contribution in [0, 0.1) is 5.82 Å².